The molecule has 2 rings (SSSR count). The second-order valence-corrected chi connectivity index (χ2v) is 6.45. The number of aliphatic hydroxyl groups is 1. The van der Waals surface area contributed by atoms with Crippen molar-refractivity contribution < 1.29 is 28.8 Å². The third kappa shape index (κ3) is 3.99. The van der Waals surface area contributed by atoms with E-state index in [-0.39, 0.29) is 36.8 Å². The molecule has 0 bridgehead atoms. The van der Waals surface area contributed by atoms with Crippen molar-refractivity contribution in [1.29, 1.82) is 0 Å². The molecule has 6 heteroatoms. The highest BCUT2D eigenvalue weighted by molar-refractivity contribution is 4.88. The van der Waals surface area contributed by atoms with Crippen molar-refractivity contribution in [2.75, 3.05) is 21.3 Å². The third-order valence-corrected chi connectivity index (χ3v) is 4.96. The van der Waals surface area contributed by atoms with Gasteiger partial charge in [0.25, 0.3) is 0 Å². The lowest BCUT2D eigenvalue weighted by molar-refractivity contribution is -0.284. The smallest absolute Gasteiger partial charge is 0.161 e. The summed E-state index contributed by atoms with van der Waals surface area (Å²) in [7, 11) is 5.05. The molecule has 1 saturated heterocycles. The van der Waals surface area contributed by atoms with Gasteiger partial charge in [0, 0.05) is 34.2 Å². The van der Waals surface area contributed by atoms with Crippen LogP contribution in [-0.2, 0) is 23.7 Å². The predicted molar refractivity (Wildman–Crippen MR) is 80.6 cm³/mol. The minimum Gasteiger partial charge on any atom is -0.388 e. The zero-order chi connectivity index (χ0) is 16.3. The van der Waals surface area contributed by atoms with Crippen LogP contribution in [0.1, 0.15) is 33.1 Å². The molecule has 1 aliphatic heterocycles. The zero-order valence-electron chi connectivity index (χ0n) is 14.2. The Morgan fingerprint density at radius 3 is 2.18 bits per heavy atom. The Morgan fingerprint density at radius 2 is 1.59 bits per heavy atom. The van der Waals surface area contributed by atoms with Gasteiger partial charge in [-0.15, -0.1) is 0 Å². The molecule has 0 radical (unpaired) electrons. The average Bonchev–Trinajstić information content (AvgIpc) is 2.52. The Bertz CT molecular complexity index is 339. The molecule has 22 heavy (non-hydrogen) atoms. The minimum absolute atomic E-state index is 0.0135. The fourth-order valence-electron chi connectivity index (χ4n) is 3.55. The van der Waals surface area contributed by atoms with E-state index in [2.05, 4.69) is 6.92 Å². The fourth-order valence-corrected chi connectivity index (χ4v) is 3.55. The molecule has 2 aliphatic rings. The monoisotopic (exact) mass is 318 g/mol. The first-order valence-corrected chi connectivity index (χ1v) is 8.07. The summed E-state index contributed by atoms with van der Waals surface area (Å²) < 4.78 is 28.4. The van der Waals surface area contributed by atoms with Gasteiger partial charge >= 0.3 is 0 Å². The Labute approximate surface area is 133 Å². The second-order valence-electron chi connectivity index (χ2n) is 6.45. The third-order valence-electron chi connectivity index (χ3n) is 4.96. The van der Waals surface area contributed by atoms with Gasteiger partial charge in [-0.2, -0.15) is 0 Å². The van der Waals surface area contributed by atoms with Crippen LogP contribution in [0.2, 0.25) is 0 Å². The van der Waals surface area contributed by atoms with E-state index < -0.39 is 6.10 Å². The summed E-state index contributed by atoms with van der Waals surface area (Å²) in [6.45, 7) is 3.99. The Hall–Kier alpha value is -0.240. The summed E-state index contributed by atoms with van der Waals surface area (Å²) in [6.07, 6.45) is 0.865. The molecule has 1 aliphatic carbocycles. The molecule has 1 saturated carbocycles. The lowest BCUT2D eigenvalue weighted by atomic mass is 9.83. The van der Waals surface area contributed by atoms with Crippen molar-refractivity contribution in [2.45, 2.75) is 76.0 Å². The van der Waals surface area contributed by atoms with Crippen LogP contribution in [0.3, 0.4) is 0 Å². The highest BCUT2D eigenvalue weighted by Crippen LogP contribution is 2.33. The van der Waals surface area contributed by atoms with Crippen molar-refractivity contribution >= 4 is 0 Å². The summed E-state index contributed by atoms with van der Waals surface area (Å²) in [5, 5.41) is 10.0. The maximum absolute atomic E-state index is 10.0. The highest BCUT2D eigenvalue weighted by Gasteiger charge is 2.42. The normalized spacial score (nSPS) is 46.6. The van der Waals surface area contributed by atoms with Gasteiger partial charge in [-0.25, -0.2) is 0 Å². The molecule has 130 valence electrons. The topological polar surface area (TPSA) is 66.4 Å². The molecule has 0 amide bonds. The molecule has 0 aromatic carbocycles. The molecule has 0 aromatic heterocycles. The Balaban J connectivity index is 1.99. The summed E-state index contributed by atoms with van der Waals surface area (Å²) in [6, 6.07) is 0. The number of rotatable bonds is 5. The predicted octanol–water partition coefficient (Wildman–Crippen LogP) is 1.34. The summed E-state index contributed by atoms with van der Waals surface area (Å²) in [5.74, 6) is 0.315. The van der Waals surface area contributed by atoms with E-state index >= 15 is 0 Å². The summed E-state index contributed by atoms with van der Waals surface area (Å²) >= 11 is 0. The van der Waals surface area contributed by atoms with Crippen LogP contribution < -0.4 is 0 Å². The van der Waals surface area contributed by atoms with Crippen LogP contribution >= 0.6 is 0 Å². The standard InChI is InChI=1S/C16H30O6/c1-9-6-11(18-3)7-13(20-5)16(9)22-14-8-12(19-4)15(17)10(2)21-14/h9-17H,6-8H2,1-5H3. The lowest BCUT2D eigenvalue weighted by Gasteiger charge is -2.43. The Morgan fingerprint density at radius 1 is 0.909 bits per heavy atom. The van der Waals surface area contributed by atoms with Gasteiger partial charge in [0.2, 0.25) is 0 Å². The van der Waals surface area contributed by atoms with E-state index in [0.717, 1.165) is 12.8 Å². The molecule has 0 aromatic rings. The maximum Gasteiger partial charge on any atom is 0.161 e. The van der Waals surface area contributed by atoms with Crippen molar-refractivity contribution in [1.82, 2.24) is 0 Å². The molecule has 8 unspecified atom stereocenters. The van der Waals surface area contributed by atoms with Gasteiger partial charge in [0.1, 0.15) is 6.10 Å². The molecule has 1 N–H and O–H groups in total. The fraction of sp³-hybridized carbons (Fsp3) is 1.00. The number of aliphatic hydroxyl groups excluding tert-OH is 1. The van der Waals surface area contributed by atoms with Gasteiger partial charge in [-0.1, -0.05) is 6.92 Å². The first-order chi connectivity index (χ1) is 10.5. The van der Waals surface area contributed by atoms with E-state index in [1.807, 2.05) is 6.92 Å². The van der Waals surface area contributed by atoms with Crippen molar-refractivity contribution in [2.24, 2.45) is 5.92 Å². The molecular weight excluding hydrogens is 288 g/mol. The largest absolute Gasteiger partial charge is 0.388 e. The SMILES string of the molecule is COC1CC(C)C(OC2CC(OC)C(O)C(C)O2)C(OC)C1. The number of ether oxygens (including phenoxy) is 5. The van der Waals surface area contributed by atoms with E-state index in [0.29, 0.717) is 12.3 Å². The minimum atomic E-state index is -0.621. The highest BCUT2D eigenvalue weighted by atomic mass is 16.7. The first-order valence-electron chi connectivity index (χ1n) is 8.07. The quantitative estimate of drug-likeness (QED) is 0.825. The summed E-state index contributed by atoms with van der Waals surface area (Å²) in [4.78, 5) is 0. The van der Waals surface area contributed by atoms with Crippen molar-refractivity contribution in [3.63, 3.8) is 0 Å². The van der Waals surface area contributed by atoms with Gasteiger partial charge in [0.15, 0.2) is 6.29 Å². The van der Waals surface area contributed by atoms with E-state index in [4.69, 9.17) is 23.7 Å². The van der Waals surface area contributed by atoms with Gasteiger partial charge in [-0.05, 0) is 19.3 Å². The van der Waals surface area contributed by atoms with Crippen LogP contribution in [0, 0.1) is 5.92 Å². The molecule has 1 heterocycles. The molecular formula is C16H30O6. The molecule has 8 atom stereocenters. The first kappa shape index (κ1) is 18.1. The van der Waals surface area contributed by atoms with Crippen LogP contribution in [0.4, 0.5) is 0 Å². The van der Waals surface area contributed by atoms with Gasteiger partial charge < -0.3 is 28.8 Å². The van der Waals surface area contributed by atoms with E-state index in [1.165, 1.54) is 0 Å². The molecule has 6 nitrogen and oxygen atoms in total. The Kier molecular flexibility index (Phi) is 6.61. The van der Waals surface area contributed by atoms with Crippen molar-refractivity contribution in [3.05, 3.63) is 0 Å². The van der Waals surface area contributed by atoms with Crippen LogP contribution in [0.25, 0.3) is 0 Å². The molecule has 0 spiro atoms. The second kappa shape index (κ2) is 8.04. The maximum atomic E-state index is 10.0. The average molecular weight is 318 g/mol. The van der Waals surface area contributed by atoms with Crippen LogP contribution in [0.5, 0.6) is 0 Å². The van der Waals surface area contributed by atoms with Crippen molar-refractivity contribution in [3.8, 4) is 0 Å². The van der Waals surface area contributed by atoms with Crippen LogP contribution in [-0.4, -0.2) is 69.3 Å². The molecule has 2 fully saturated rings. The van der Waals surface area contributed by atoms with Gasteiger partial charge in [0.05, 0.1) is 30.5 Å². The number of hydrogen-bond acceptors (Lipinski definition) is 6. The van der Waals surface area contributed by atoms with E-state index in [1.54, 1.807) is 21.3 Å². The van der Waals surface area contributed by atoms with Gasteiger partial charge in [-0.3, -0.25) is 0 Å². The number of methoxy groups -OCH3 is 3. The van der Waals surface area contributed by atoms with E-state index in [9.17, 15) is 5.11 Å². The lowest BCUT2D eigenvalue weighted by Crippen LogP contribution is -2.52. The number of hydrogen-bond donors (Lipinski definition) is 1. The summed E-state index contributed by atoms with van der Waals surface area (Å²) in [5.41, 5.74) is 0. The van der Waals surface area contributed by atoms with Crippen LogP contribution in [0.15, 0.2) is 0 Å². The zero-order valence-corrected chi connectivity index (χ0v) is 14.2.